The largest absolute Gasteiger partial charge is 0.481 e. The molecule has 1 heterocycles. The average molecular weight is 477 g/mol. The molecule has 1 unspecified atom stereocenters. The first-order valence-electron chi connectivity index (χ1n) is 11.5. The van der Waals surface area contributed by atoms with Crippen molar-refractivity contribution in [1.29, 1.82) is 0 Å². The number of aromatic nitrogens is 2. The smallest absolute Gasteiger partial charge is 0.411 e. The third-order valence-corrected chi connectivity index (χ3v) is 6.07. The number of anilines is 1. The van der Waals surface area contributed by atoms with E-state index in [0.29, 0.717) is 13.0 Å². The minimum absolute atomic E-state index is 0.0358. The molecular weight excluding hydrogens is 448 g/mol. The summed E-state index contributed by atoms with van der Waals surface area (Å²) in [6.45, 7) is 2.27. The van der Waals surface area contributed by atoms with Crippen molar-refractivity contribution < 1.29 is 24.2 Å². The number of ether oxygens (including phenoxy) is 1. The molecule has 9 nitrogen and oxygen atoms in total. The molecule has 1 aliphatic carbocycles. The van der Waals surface area contributed by atoms with Gasteiger partial charge in [-0.05, 0) is 34.6 Å². The van der Waals surface area contributed by atoms with E-state index in [9.17, 15) is 14.4 Å². The van der Waals surface area contributed by atoms with Crippen LogP contribution in [0.2, 0.25) is 0 Å². The summed E-state index contributed by atoms with van der Waals surface area (Å²) in [5, 5.41) is 18.4. The Bertz CT molecular complexity index is 1210. The van der Waals surface area contributed by atoms with Crippen LogP contribution >= 0.6 is 0 Å². The molecule has 1 atom stereocenters. The van der Waals surface area contributed by atoms with Crippen LogP contribution < -0.4 is 10.6 Å². The van der Waals surface area contributed by atoms with Crippen LogP contribution in [-0.2, 0) is 16.6 Å². The first kappa shape index (κ1) is 24.0. The van der Waals surface area contributed by atoms with Gasteiger partial charge in [0.05, 0.1) is 5.69 Å². The van der Waals surface area contributed by atoms with E-state index in [1.165, 1.54) is 10.9 Å². The van der Waals surface area contributed by atoms with Gasteiger partial charge in [0, 0.05) is 32.1 Å². The van der Waals surface area contributed by atoms with Gasteiger partial charge in [-0.15, -0.1) is 0 Å². The molecule has 9 heteroatoms. The Balaban J connectivity index is 1.36. The van der Waals surface area contributed by atoms with Gasteiger partial charge in [-0.25, -0.2) is 4.79 Å². The number of nitrogens with zero attached hydrogens (tertiary/aromatic N) is 2. The lowest BCUT2D eigenvalue weighted by Gasteiger charge is -2.14. The Kier molecular flexibility index (Phi) is 7.14. The minimum Gasteiger partial charge on any atom is -0.481 e. The van der Waals surface area contributed by atoms with E-state index < -0.39 is 18.0 Å². The molecule has 3 aromatic rings. The highest BCUT2D eigenvalue weighted by molar-refractivity contribution is 6.00. The van der Waals surface area contributed by atoms with Crippen LogP contribution in [0.1, 0.15) is 47.3 Å². The number of rotatable bonds is 9. The monoisotopic (exact) mass is 476 g/mol. The second kappa shape index (κ2) is 10.4. The van der Waals surface area contributed by atoms with Gasteiger partial charge < -0.3 is 15.2 Å². The number of aryl methyl sites for hydroxylation is 1. The number of hydrogen-bond acceptors (Lipinski definition) is 5. The Labute approximate surface area is 203 Å². The number of amides is 2. The third-order valence-electron chi connectivity index (χ3n) is 6.07. The van der Waals surface area contributed by atoms with Crippen LogP contribution in [0.5, 0.6) is 0 Å². The zero-order chi connectivity index (χ0) is 24.9. The molecule has 0 radical (unpaired) electrons. The topological polar surface area (TPSA) is 123 Å². The summed E-state index contributed by atoms with van der Waals surface area (Å²) in [7, 11) is 1.65. The van der Waals surface area contributed by atoms with E-state index in [1.807, 2.05) is 43.3 Å². The fourth-order valence-electron chi connectivity index (χ4n) is 4.41. The number of carbonyl (C=O) groups excluding carboxylic acids is 2. The molecule has 182 valence electrons. The summed E-state index contributed by atoms with van der Waals surface area (Å²) in [4.78, 5) is 36.0. The number of carbonyl (C=O) groups is 3. The zero-order valence-electron chi connectivity index (χ0n) is 19.7. The third kappa shape index (κ3) is 5.51. The normalized spacial score (nSPS) is 13.0. The number of hydrogen-bond donors (Lipinski definition) is 3. The van der Waals surface area contributed by atoms with Crippen molar-refractivity contribution in [2.75, 3.05) is 18.5 Å². The zero-order valence-corrected chi connectivity index (χ0v) is 19.7. The van der Waals surface area contributed by atoms with Crippen molar-refractivity contribution in [2.24, 2.45) is 13.0 Å². The second-order valence-electron chi connectivity index (χ2n) is 8.76. The molecule has 3 N–H and O–H groups in total. The molecule has 1 aliphatic rings. The predicted octanol–water partition coefficient (Wildman–Crippen LogP) is 4.01. The lowest BCUT2D eigenvalue weighted by Crippen LogP contribution is -2.28. The maximum absolute atomic E-state index is 12.6. The Morgan fingerprint density at radius 1 is 1.09 bits per heavy atom. The average Bonchev–Trinajstić information content (AvgIpc) is 3.34. The van der Waals surface area contributed by atoms with Crippen molar-refractivity contribution in [1.82, 2.24) is 15.1 Å². The maximum atomic E-state index is 12.6. The van der Waals surface area contributed by atoms with Gasteiger partial charge in [-0.2, -0.15) is 5.10 Å². The number of carboxylic acids is 1. The molecule has 4 rings (SSSR count). The first-order chi connectivity index (χ1) is 16.8. The quantitative estimate of drug-likeness (QED) is 0.429. The molecule has 0 spiro atoms. The molecule has 2 amide bonds. The van der Waals surface area contributed by atoms with E-state index in [-0.39, 0.29) is 36.2 Å². The molecule has 0 saturated carbocycles. The number of benzene rings is 2. The van der Waals surface area contributed by atoms with Crippen molar-refractivity contribution in [3.05, 3.63) is 71.5 Å². The highest BCUT2D eigenvalue weighted by Gasteiger charge is 2.29. The highest BCUT2D eigenvalue weighted by atomic mass is 16.5. The Hall–Kier alpha value is -4.14. The van der Waals surface area contributed by atoms with Crippen LogP contribution in [0.4, 0.5) is 10.5 Å². The summed E-state index contributed by atoms with van der Waals surface area (Å²) < 4.78 is 6.99. The standard InChI is InChI=1S/C26H28N4O5/c1-16(13-23(31)32)11-12-27-25(33)24-22(14-30(2)29-24)28-26(34)35-15-21-19-9-5-3-7-17(19)18-8-4-6-10-20(18)21/h3-10,14,16,21H,11-13,15H2,1-2H3,(H,27,33)(H,28,34)(H,31,32). The fourth-order valence-corrected chi connectivity index (χ4v) is 4.41. The number of nitrogens with one attached hydrogen (secondary N) is 2. The van der Waals surface area contributed by atoms with Crippen LogP contribution in [0.3, 0.4) is 0 Å². The summed E-state index contributed by atoms with van der Waals surface area (Å²) in [6.07, 6.45) is 1.40. The fraction of sp³-hybridized carbons (Fsp3) is 0.308. The Morgan fingerprint density at radius 3 is 2.34 bits per heavy atom. The summed E-state index contributed by atoms with van der Waals surface area (Å²) in [6, 6.07) is 16.2. The van der Waals surface area contributed by atoms with Crippen molar-refractivity contribution in [3.63, 3.8) is 0 Å². The summed E-state index contributed by atoms with van der Waals surface area (Å²) in [5.41, 5.74) is 4.80. The molecule has 1 aromatic heterocycles. The number of carboxylic acid groups (broad SMARTS) is 1. The first-order valence-corrected chi connectivity index (χ1v) is 11.5. The molecule has 0 saturated heterocycles. The van der Waals surface area contributed by atoms with Gasteiger partial charge in [0.25, 0.3) is 5.91 Å². The van der Waals surface area contributed by atoms with Crippen LogP contribution in [-0.4, -0.2) is 46.0 Å². The lowest BCUT2D eigenvalue weighted by molar-refractivity contribution is -0.138. The van der Waals surface area contributed by atoms with E-state index in [1.54, 1.807) is 7.05 Å². The van der Waals surface area contributed by atoms with Gasteiger partial charge in [-0.3, -0.25) is 19.6 Å². The highest BCUT2D eigenvalue weighted by Crippen LogP contribution is 2.44. The molecule has 0 bridgehead atoms. The van der Waals surface area contributed by atoms with Gasteiger partial charge in [0.15, 0.2) is 5.69 Å². The van der Waals surface area contributed by atoms with E-state index in [2.05, 4.69) is 27.9 Å². The van der Waals surface area contributed by atoms with E-state index in [4.69, 9.17) is 9.84 Å². The summed E-state index contributed by atoms with van der Waals surface area (Å²) in [5.74, 6) is -1.47. The molecular formula is C26H28N4O5. The number of aliphatic carboxylic acids is 1. The predicted molar refractivity (Wildman–Crippen MR) is 130 cm³/mol. The van der Waals surface area contributed by atoms with Crippen LogP contribution in [0, 0.1) is 5.92 Å². The molecule has 35 heavy (non-hydrogen) atoms. The van der Waals surface area contributed by atoms with Crippen molar-refractivity contribution >= 4 is 23.7 Å². The molecule has 0 fully saturated rings. The van der Waals surface area contributed by atoms with Crippen molar-refractivity contribution in [2.45, 2.75) is 25.7 Å². The van der Waals surface area contributed by atoms with Crippen LogP contribution in [0.15, 0.2) is 54.7 Å². The second-order valence-corrected chi connectivity index (χ2v) is 8.76. The lowest BCUT2D eigenvalue weighted by atomic mass is 9.98. The van der Waals surface area contributed by atoms with Gasteiger partial charge in [0.1, 0.15) is 6.61 Å². The SMILES string of the molecule is CC(CCNC(=O)c1nn(C)cc1NC(=O)OCC1c2ccccc2-c2ccccc21)CC(=O)O. The van der Waals surface area contributed by atoms with Gasteiger partial charge in [-0.1, -0.05) is 55.5 Å². The van der Waals surface area contributed by atoms with E-state index in [0.717, 1.165) is 22.3 Å². The van der Waals surface area contributed by atoms with Crippen LogP contribution in [0.25, 0.3) is 11.1 Å². The summed E-state index contributed by atoms with van der Waals surface area (Å²) >= 11 is 0. The van der Waals surface area contributed by atoms with Gasteiger partial charge >= 0.3 is 12.1 Å². The van der Waals surface area contributed by atoms with Crippen molar-refractivity contribution in [3.8, 4) is 11.1 Å². The van der Waals surface area contributed by atoms with E-state index >= 15 is 0 Å². The number of fused-ring (bicyclic) bond motifs is 3. The maximum Gasteiger partial charge on any atom is 0.411 e. The minimum atomic E-state index is -0.872. The van der Waals surface area contributed by atoms with Gasteiger partial charge in [0.2, 0.25) is 0 Å². The Morgan fingerprint density at radius 2 is 1.71 bits per heavy atom. The molecule has 2 aromatic carbocycles. The molecule has 0 aliphatic heterocycles.